The van der Waals surface area contributed by atoms with Crippen LogP contribution in [-0.4, -0.2) is 26.0 Å². The maximum Gasteiger partial charge on any atom is 0.355 e. The van der Waals surface area contributed by atoms with Crippen molar-refractivity contribution >= 4 is 17.3 Å². The van der Waals surface area contributed by atoms with Crippen molar-refractivity contribution in [2.75, 3.05) is 0 Å². The van der Waals surface area contributed by atoms with Crippen LogP contribution in [-0.2, 0) is 0 Å². The van der Waals surface area contributed by atoms with E-state index in [1.54, 1.807) is 5.51 Å². The summed E-state index contributed by atoms with van der Waals surface area (Å²) >= 11 is 1.38. The highest BCUT2D eigenvalue weighted by molar-refractivity contribution is 7.13. The van der Waals surface area contributed by atoms with Gasteiger partial charge in [0.05, 0.1) is 16.1 Å². The van der Waals surface area contributed by atoms with Crippen molar-refractivity contribution < 1.29 is 9.90 Å². The number of aryl methyl sites for hydroxylation is 1. The number of nitrogens with zero attached hydrogens (tertiary/aromatic N) is 3. The van der Waals surface area contributed by atoms with Crippen LogP contribution in [0.4, 0.5) is 0 Å². The van der Waals surface area contributed by atoms with Gasteiger partial charge in [-0.2, -0.15) is 0 Å². The van der Waals surface area contributed by atoms with E-state index < -0.39 is 5.97 Å². The van der Waals surface area contributed by atoms with E-state index in [2.05, 4.69) is 15.0 Å². The van der Waals surface area contributed by atoms with Crippen molar-refractivity contribution in [3.8, 4) is 10.4 Å². The first-order chi connectivity index (χ1) is 7.20. The normalized spacial score (nSPS) is 10.2. The van der Waals surface area contributed by atoms with Crippen LogP contribution in [0.5, 0.6) is 0 Å². The highest BCUT2D eigenvalue weighted by atomic mass is 32.1. The molecule has 6 heteroatoms. The van der Waals surface area contributed by atoms with Gasteiger partial charge >= 0.3 is 5.97 Å². The smallest absolute Gasteiger partial charge is 0.355 e. The standard InChI is InChI=1S/C9H7N3O2S/c1-5-8(15-4-12-5)6-2-10-3-11-7(6)9(13)14/h2-4H,1H3,(H,13,14). The largest absolute Gasteiger partial charge is 0.476 e. The van der Waals surface area contributed by atoms with Gasteiger partial charge in [-0.1, -0.05) is 0 Å². The Morgan fingerprint density at radius 2 is 2.27 bits per heavy atom. The highest BCUT2D eigenvalue weighted by Crippen LogP contribution is 2.28. The van der Waals surface area contributed by atoms with E-state index in [1.807, 2.05) is 6.92 Å². The van der Waals surface area contributed by atoms with E-state index in [9.17, 15) is 4.79 Å². The first kappa shape index (κ1) is 9.72. The van der Waals surface area contributed by atoms with Gasteiger partial charge in [0.1, 0.15) is 6.33 Å². The van der Waals surface area contributed by atoms with Crippen molar-refractivity contribution in [3.05, 3.63) is 29.4 Å². The Morgan fingerprint density at radius 3 is 2.87 bits per heavy atom. The third-order valence-electron chi connectivity index (χ3n) is 1.90. The van der Waals surface area contributed by atoms with Crippen LogP contribution >= 0.6 is 11.3 Å². The number of carbonyl (C=O) groups is 1. The number of hydrogen-bond donors (Lipinski definition) is 1. The molecule has 0 fully saturated rings. The highest BCUT2D eigenvalue weighted by Gasteiger charge is 2.16. The molecule has 15 heavy (non-hydrogen) atoms. The molecule has 0 aliphatic heterocycles. The summed E-state index contributed by atoms with van der Waals surface area (Å²) in [5.74, 6) is -1.06. The van der Waals surface area contributed by atoms with Gasteiger partial charge in [0, 0.05) is 11.8 Å². The topological polar surface area (TPSA) is 76.0 Å². The molecule has 0 atom stereocenters. The van der Waals surface area contributed by atoms with Crippen LogP contribution in [0, 0.1) is 6.92 Å². The lowest BCUT2D eigenvalue weighted by Gasteiger charge is -2.01. The lowest BCUT2D eigenvalue weighted by atomic mass is 10.2. The minimum atomic E-state index is -1.06. The minimum Gasteiger partial charge on any atom is -0.476 e. The number of carboxylic acids is 1. The van der Waals surface area contributed by atoms with Gasteiger partial charge in [-0.15, -0.1) is 11.3 Å². The molecule has 76 valence electrons. The van der Waals surface area contributed by atoms with Gasteiger partial charge in [-0.25, -0.2) is 19.7 Å². The Hall–Kier alpha value is -1.82. The van der Waals surface area contributed by atoms with Gasteiger partial charge < -0.3 is 5.11 Å². The Morgan fingerprint density at radius 1 is 1.47 bits per heavy atom. The first-order valence-corrected chi connectivity index (χ1v) is 5.02. The van der Waals surface area contributed by atoms with Gasteiger partial charge in [0.2, 0.25) is 0 Å². The molecule has 0 radical (unpaired) electrons. The zero-order valence-corrected chi connectivity index (χ0v) is 8.65. The monoisotopic (exact) mass is 221 g/mol. The number of aromatic nitrogens is 3. The Labute approximate surface area is 89.5 Å². The molecule has 0 saturated heterocycles. The van der Waals surface area contributed by atoms with Crippen molar-refractivity contribution in [1.82, 2.24) is 15.0 Å². The van der Waals surface area contributed by atoms with E-state index in [4.69, 9.17) is 5.11 Å². The van der Waals surface area contributed by atoms with E-state index in [-0.39, 0.29) is 5.69 Å². The van der Waals surface area contributed by atoms with Crippen LogP contribution in [0.2, 0.25) is 0 Å². The predicted octanol–water partition coefficient (Wildman–Crippen LogP) is 1.61. The molecule has 0 saturated carbocycles. The molecule has 2 aromatic heterocycles. The summed E-state index contributed by atoms with van der Waals surface area (Å²) in [6, 6.07) is 0. The zero-order chi connectivity index (χ0) is 10.8. The average Bonchev–Trinajstić information content (AvgIpc) is 2.64. The van der Waals surface area contributed by atoms with Crippen molar-refractivity contribution in [2.45, 2.75) is 6.92 Å². The lowest BCUT2D eigenvalue weighted by Crippen LogP contribution is -2.03. The first-order valence-electron chi connectivity index (χ1n) is 4.14. The molecule has 0 aromatic carbocycles. The van der Waals surface area contributed by atoms with E-state index in [0.717, 1.165) is 10.6 Å². The summed E-state index contributed by atoms with van der Waals surface area (Å²) in [4.78, 5) is 23.4. The number of carboxylic acid groups (broad SMARTS) is 1. The van der Waals surface area contributed by atoms with Crippen molar-refractivity contribution in [2.24, 2.45) is 0 Å². The summed E-state index contributed by atoms with van der Waals surface area (Å²) in [6.07, 6.45) is 2.72. The summed E-state index contributed by atoms with van der Waals surface area (Å²) in [5, 5.41) is 8.95. The van der Waals surface area contributed by atoms with Gasteiger partial charge in [-0.05, 0) is 6.92 Å². The lowest BCUT2D eigenvalue weighted by molar-refractivity contribution is 0.0691. The summed E-state index contributed by atoms with van der Waals surface area (Å²) in [6.45, 7) is 1.82. The number of thiazole rings is 1. The molecule has 1 N–H and O–H groups in total. The van der Waals surface area contributed by atoms with E-state index in [1.165, 1.54) is 23.9 Å². The van der Waals surface area contributed by atoms with Gasteiger partial charge in [0.15, 0.2) is 5.69 Å². The number of aromatic carboxylic acids is 1. The molecule has 2 rings (SSSR count). The van der Waals surface area contributed by atoms with Gasteiger partial charge in [-0.3, -0.25) is 0 Å². The quantitative estimate of drug-likeness (QED) is 0.833. The fraction of sp³-hybridized carbons (Fsp3) is 0.111. The molecular weight excluding hydrogens is 214 g/mol. The van der Waals surface area contributed by atoms with E-state index >= 15 is 0 Å². The Bertz CT molecular complexity index is 510. The van der Waals surface area contributed by atoms with Crippen LogP contribution in [0.25, 0.3) is 10.4 Å². The second-order valence-electron chi connectivity index (χ2n) is 2.86. The molecule has 5 nitrogen and oxygen atoms in total. The predicted molar refractivity (Wildman–Crippen MR) is 54.8 cm³/mol. The summed E-state index contributed by atoms with van der Waals surface area (Å²) in [7, 11) is 0. The summed E-state index contributed by atoms with van der Waals surface area (Å²) in [5.41, 5.74) is 2.99. The molecule has 2 heterocycles. The molecule has 0 spiro atoms. The van der Waals surface area contributed by atoms with Crippen LogP contribution in [0.3, 0.4) is 0 Å². The Balaban J connectivity index is 2.63. The van der Waals surface area contributed by atoms with Crippen LogP contribution in [0.15, 0.2) is 18.0 Å². The van der Waals surface area contributed by atoms with Crippen LogP contribution in [0.1, 0.15) is 16.2 Å². The van der Waals surface area contributed by atoms with Crippen LogP contribution < -0.4 is 0 Å². The minimum absolute atomic E-state index is 0.0114. The van der Waals surface area contributed by atoms with Crippen molar-refractivity contribution in [1.29, 1.82) is 0 Å². The average molecular weight is 221 g/mol. The second kappa shape index (κ2) is 3.74. The molecule has 0 bridgehead atoms. The molecule has 0 amide bonds. The maximum atomic E-state index is 10.9. The fourth-order valence-electron chi connectivity index (χ4n) is 1.23. The van der Waals surface area contributed by atoms with Gasteiger partial charge in [0.25, 0.3) is 0 Å². The second-order valence-corrected chi connectivity index (χ2v) is 3.71. The molecular formula is C9H7N3O2S. The number of rotatable bonds is 2. The number of hydrogen-bond acceptors (Lipinski definition) is 5. The van der Waals surface area contributed by atoms with E-state index in [0.29, 0.717) is 5.56 Å². The maximum absolute atomic E-state index is 10.9. The molecule has 0 aliphatic rings. The summed E-state index contributed by atoms with van der Waals surface area (Å²) < 4.78 is 0. The molecule has 0 aliphatic carbocycles. The zero-order valence-electron chi connectivity index (χ0n) is 7.84. The SMILES string of the molecule is Cc1ncsc1-c1cncnc1C(=O)O. The molecule has 2 aromatic rings. The molecule has 0 unspecified atom stereocenters. The van der Waals surface area contributed by atoms with Crippen molar-refractivity contribution in [3.63, 3.8) is 0 Å². The fourth-order valence-corrected chi connectivity index (χ4v) is 2.04. The third kappa shape index (κ3) is 1.71. The Kier molecular flexibility index (Phi) is 2.42. The third-order valence-corrected chi connectivity index (χ3v) is 2.87.